The average molecular weight is 320 g/mol. The van der Waals surface area contributed by atoms with E-state index in [1.165, 1.54) is 10.6 Å². The number of hydrogen-bond donors (Lipinski definition) is 1. The number of benzene rings is 2. The van der Waals surface area contributed by atoms with Crippen LogP contribution in [0.4, 0.5) is 0 Å². The van der Waals surface area contributed by atoms with E-state index in [0.717, 1.165) is 5.56 Å². The number of carbonyl (C=O) groups excluding carboxylic acids is 1. The van der Waals surface area contributed by atoms with Gasteiger partial charge in [0.2, 0.25) is 5.78 Å². The second kappa shape index (κ2) is 4.86. The van der Waals surface area contributed by atoms with Crippen molar-refractivity contribution in [1.29, 1.82) is 0 Å². The molecule has 0 amide bonds. The third-order valence-corrected chi connectivity index (χ3v) is 4.13. The molecule has 1 N–H and O–H groups in total. The van der Waals surface area contributed by atoms with Crippen molar-refractivity contribution < 1.29 is 14.7 Å². The van der Waals surface area contributed by atoms with Gasteiger partial charge in [-0.25, -0.2) is 4.98 Å². The van der Waals surface area contributed by atoms with Gasteiger partial charge in [-0.2, -0.15) is 0 Å². The van der Waals surface area contributed by atoms with Crippen molar-refractivity contribution in [1.82, 2.24) is 9.55 Å². The SMILES string of the molecule is Cc1ccc2nc3n(c(=O)c2c1)-c1ccc(CC(=O)O)cc1C3=O. The number of carboxylic acids is 1. The van der Waals surface area contributed by atoms with Crippen molar-refractivity contribution in [2.75, 3.05) is 0 Å². The lowest BCUT2D eigenvalue weighted by molar-refractivity contribution is -0.136. The quantitative estimate of drug-likeness (QED) is 0.609. The predicted octanol–water partition coefficient (Wildman–Crippen LogP) is 1.87. The first-order chi connectivity index (χ1) is 11.5. The largest absolute Gasteiger partial charge is 0.481 e. The molecule has 24 heavy (non-hydrogen) atoms. The van der Waals surface area contributed by atoms with E-state index < -0.39 is 5.97 Å². The summed E-state index contributed by atoms with van der Waals surface area (Å²) in [5.41, 5.74) is 2.38. The molecule has 0 aliphatic carbocycles. The first kappa shape index (κ1) is 14.3. The molecule has 118 valence electrons. The highest BCUT2D eigenvalue weighted by molar-refractivity contribution is 6.13. The number of aliphatic carboxylic acids is 1. The summed E-state index contributed by atoms with van der Waals surface area (Å²) in [6.45, 7) is 1.88. The maximum Gasteiger partial charge on any atom is 0.307 e. The molecule has 4 rings (SSSR count). The Hall–Kier alpha value is -3.28. The fraction of sp³-hybridized carbons (Fsp3) is 0.111. The van der Waals surface area contributed by atoms with Gasteiger partial charge in [0.1, 0.15) is 0 Å². The fourth-order valence-electron chi connectivity index (χ4n) is 3.04. The van der Waals surface area contributed by atoms with E-state index in [4.69, 9.17) is 5.11 Å². The molecular formula is C18H12N2O4. The summed E-state index contributed by atoms with van der Waals surface area (Å²) in [6.07, 6.45) is -0.180. The molecule has 2 heterocycles. The molecule has 0 atom stereocenters. The van der Waals surface area contributed by atoms with Gasteiger partial charge in [0.15, 0.2) is 5.82 Å². The van der Waals surface area contributed by atoms with Crippen molar-refractivity contribution in [3.63, 3.8) is 0 Å². The van der Waals surface area contributed by atoms with Crippen LogP contribution >= 0.6 is 0 Å². The lowest BCUT2D eigenvalue weighted by Crippen LogP contribution is -2.21. The molecule has 6 nitrogen and oxygen atoms in total. The van der Waals surface area contributed by atoms with Crippen molar-refractivity contribution >= 4 is 22.7 Å². The van der Waals surface area contributed by atoms with E-state index in [0.29, 0.717) is 27.7 Å². The zero-order valence-corrected chi connectivity index (χ0v) is 12.7. The van der Waals surface area contributed by atoms with Crippen LogP contribution in [0.2, 0.25) is 0 Å². The molecule has 0 spiro atoms. The number of carboxylic acid groups (broad SMARTS) is 1. The molecule has 0 saturated carbocycles. The van der Waals surface area contributed by atoms with Crippen molar-refractivity contribution in [2.45, 2.75) is 13.3 Å². The summed E-state index contributed by atoms with van der Waals surface area (Å²) in [7, 11) is 0. The van der Waals surface area contributed by atoms with E-state index in [1.807, 2.05) is 13.0 Å². The van der Waals surface area contributed by atoms with Gasteiger partial charge in [0.05, 0.1) is 28.6 Å². The van der Waals surface area contributed by atoms with Gasteiger partial charge < -0.3 is 5.11 Å². The highest BCUT2D eigenvalue weighted by Crippen LogP contribution is 2.27. The molecule has 1 aliphatic heterocycles. The van der Waals surface area contributed by atoms with Crippen LogP contribution in [0, 0.1) is 6.92 Å². The van der Waals surface area contributed by atoms with Crippen molar-refractivity contribution in [2.24, 2.45) is 0 Å². The predicted molar refractivity (Wildman–Crippen MR) is 86.8 cm³/mol. The zero-order valence-electron chi connectivity index (χ0n) is 12.7. The van der Waals surface area contributed by atoms with Gasteiger partial charge in [0.25, 0.3) is 5.56 Å². The van der Waals surface area contributed by atoms with Gasteiger partial charge >= 0.3 is 5.97 Å². The second-order valence-corrected chi connectivity index (χ2v) is 5.85. The van der Waals surface area contributed by atoms with Crippen LogP contribution in [0.5, 0.6) is 0 Å². The summed E-state index contributed by atoms with van der Waals surface area (Å²) in [5.74, 6) is -1.27. The van der Waals surface area contributed by atoms with Crippen molar-refractivity contribution in [3.8, 4) is 5.69 Å². The van der Waals surface area contributed by atoms with E-state index in [1.54, 1.807) is 24.3 Å². The van der Waals surface area contributed by atoms with Gasteiger partial charge in [0, 0.05) is 0 Å². The summed E-state index contributed by atoms with van der Waals surface area (Å²) in [6, 6.07) is 10.0. The maximum atomic E-state index is 12.8. The molecule has 0 unspecified atom stereocenters. The Balaban J connectivity index is 2.00. The molecular weight excluding hydrogens is 308 g/mol. The fourth-order valence-corrected chi connectivity index (χ4v) is 3.04. The number of rotatable bonds is 2. The molecule has 0 radical (unpaired) electrons. The number of aromatic nitrogens is 2. The monoisotopic (exact) mass is 320 g/mol. The number of hydrogen-bond acceptors (Lipinski definition) is 4. The lowest BCUT2D eigenvalue weighted by atomic mass is 10.1. The number of aryl methyl sites for hydroxylation is 1. The number of nitrogens with zero attached hydrogens (tertiary/aromatic N) is 2. The third-order valence-electron chi connectivity index (χ3n) is 4.13. The van der Waals surface area contributed by atoms with Gasteiger partial charge in [-0.1, -0.05) is 17.7 Å². The second-order valence-electron chi connectivity index (χ2n) is 5.85. The van der Waals surface area contributed by atoms with Crippen LogP contribution in [0.15, 0.2) is 41.2 Å². The highest BCUT2D eigenvalue weighted by Gasteiger charge is 2.30. The van der Waals surface area contributed by atoms with Crippen LogP contribution < -0.4 is 5.56 Å². The highest BCUT2D eigenvalue weighted by atomic mass is 16.4. The average Bonchev–Trinajstić information content (AvgIpc) is 2.81. The first-order valence-corrected chi connectivity index (χ1v) is 7.39. The van der Waals surface area contributed by atoms with E-state index in [9.17, 15) is 14.4 Å². The minimum atomic E-state index is -0.977. The molecule has 2 aromatic carbocycles. The van der Waals surface area contributed by atoms with E-state index >= 15 is 0 Å². The van der Waals surface area contributed by atoms with Crippen LogP contribution in [-0.4, -0.2) is 26.4 Å². The maximum absolute atomic E-state index is 12.8. The number of ketones is 1. The minimum absolute atomic E-state index is 0.0684. The Labute approximate surface area is 136 Å². The van der Waals surface area contributed by atoms with Crippen LogP contribution in [0.1, 0.15) is 27.3 Å². The Morgan fingerprint density at radius 3 is 2.71 bits per heavy atom. The Bertz CT molecular complexity index is 1110. The van der Waals surface area contributed by atoms with Crippen LogP contribution in [0.25, 0.3) is 16.6 Å². The number of fused-ring (bicyclic) bond motifs is 4. The van der Waals surface area contributed by atoms with Gasteiger partial charge in [-0.3, -0.25) is 19.0 Å². The van der Waals surface area contributed by atoms with Gasteiger partial charge in [-0.15, -0.1) is 0 Å². The topological polar surface area (TPSA) is 89.3 Å². The summed E-state index contributed by atoms with van der Waals surface area (Å²) in [5, 5.41) is 9.35. The minimum Gasteiger partial charge on any atom is -0.481 e. The smallest absolute Gasteiger partial charge is 0.307 e. The summed E-state index contributed by atoms with van der Waals surface area (Å²) >= 11 is 0. The zero-order chi connectivity index (χ0) is 17.0. The first-order valence-electron chi connectivity index (χ1n) is 7.39. The van der Waals surface area contributed by atoms with E-state index in [-0.39, 0.29) is 23.6 Å². The molecule has 6 heteroatoms. The Kier molecular flexibility index (Phi) is 2.90. The summed E-state index contributed by atoms with van der Waals surface area (Å²) < 4.78 is 1.31. The van der Waals surface area contributed by atoms with Crippen LogP contribution in [0.3, 0.4) is 0 Å². The van der Waals surface area contributed by atoms with Gasteiger partial charge in [-0.05, 0) is 36.8 Å². The Morgan fingerprint density at radius 2 is 1.96 bits per heavy atom. The number of carbonyl (C=O) groups is 2. The molecule has 3 aromatic rings. The summed E-state index contributed by atoms with van der Waals surface area (Å²) in [4.78, 5) is 40.6. The molecule has 1 aromatic heterocycles. The molecule has 0 saturated heterocycles. The molecule has 0 bridgehead atoms. The standard InChI is InChI=1S/C18H12N2O4/c1-9-2-4-13-11(6-9)18(24)20-14-5-3-10(8-15(21)22)7-12(14)16(23)17(20)19-13/h2-7H,8H2,1H3,(H,21,22). The normalized spacial score (nSPS) is 12.3. The third kappa shape index (κ3) is 1.96. The van der Waals surface area contributed by atoms with Crippen molar-refractivity contribution in [3.05, 3.63) is 69.3 Å². The molecule has 0 fully saturated rings. The Morgan fingerprint density at radius 1 is 1.17 bits per heavy atom. The lowest BCUT2D eigenvalue weighted by Gasteiger charge is -2.06. The van der Waals surface area contributed by atoms with Crippen LogP contribution in [-0.2, 0) is 11.2 Å². The van der Waals surface area contributed by atoms with E-state index in [2.05, 4.69) is 4.98 Å². The molecule has 1 aliphatic rings.